The summed E-state index contributed by atoms with van der Waals surface area (Å²) in [5.41, 5.74) is 4.25. The Labute approximate surface area is 153 Å². The number of amides is 2. The van der Waals surface area contributed by atoms with E-state index in [9.17, 15) is 9.59 Å². The highest BCUT2D eigenvalue weighted by atomic mass is 16.2. The third kappa shape index (κ3) is 3.27. The fourth-order valence-corrected chi connectivity index (χ4v) is 3.64. The van der Waals surface area contributed by atoms with E-state index < -0.39 is 0 Å². The zero-order valence-electron chi connectivity index (χ0n) is 14.7. The van der Waals surface area contributed by atoms with Gasteiger partial charge in [-0.3, -0.25) is 14.6 Å². The maximum absolute atomic E-state index is 12.8. The molecule has 2 aliphatic rings. The van der Waals surface area contributed by atoms with Gasteiger partial charge in [0.15, 0.2) is 0 Å². The molecule has 0 saturated carbocycles. The van der Waals surface area contributed by atoms with Crippen LogP contribution in [0.2, 0.25) is 0 Å². The Kier molecular flexibility index (Phi) is 4.56. The summed E-state index contributed by atoms with van der Waals surface area (Å²) in [4.78, 5) is 33.6. The number of piperazine rings is 1. The maximum atomic E-state index is 12.8. The second kappa shape index (κ2) is 7.15. The Morgan fingerprint density at radius 2 is 1.77 bits per heavy atom. The number of carbonyl (C=O) groups is 2. The molecule has 0 aliphatic carbocycles. The monoisotopic (exact) mass is 350 g/mol. The van der Waals surface area contributed by atoms with Gasteiger partial charge in [-0.2, -0.15) is 0 Å². The second-order valence-electron chi connectivity index (χ2n) is 6.77. The quantitative estimate of drug-likeness (QED) is 0.789. The Morgan fingerprint density at radius 1 is 1.00 bits per heavy atom. The molecule has 1 saturated heterocycles. The van der Waals surface area contributed by atoms with Crippen molar-refractivity contribution in [3.63, 3.8) is 0 Å². The first-order valence-corrected chi connectivity index (χ1v) is 9.01. The van der Waals surface area contributed by atoms with Crippen LogP contribution in [-0.4, -0.2) is 59.8 Å². The molecule has 1 aromatic heterocycles. The lowest BCUT2D eigenvalue weighted by atomic mass is 9.99. The highest BCUT2D eigenvalue weighted by molar-refractivity contribution is 5.93. The summed E-state index contributed by atoms with van der Waals surface area (Å²) in [5.74, 6) is -0.0604. The summed E-state index contributed by atoms with van der Waals surface area (Å²) >= 11 is 0. The van der Waals surface area contributed by atoms with Crippen LogP contribution in [0.5, 0.6) is 0 Å². The number of pyridine rings is 1. The molecule has 4 rings (SSSR count). The molecule has 0 atom stereocenters. The van der Waals surface area contributed by atoms with Gasteiger partial charge in [0.1, 0.15) is 5.69 Å². The molecule has 2 aliphatic heterocycles. The van der Waals surface area contributed by atoms with E-state index in [0.717, 1.165) is 31.6 Å². The molecule has 2 amide bonds. The number of hydrogen-bond acceptors (Lipinski definition) is 4. The van der Waals surface area contributed by atoms with Gasteiger partial charge in [-0.1, -0.05) is 24.3 Å². The lowest BCUT2D eigenvalue weighted by Crippen LogP contribution is -2.48. The van der Waals surface area contributed by atoms with Crippen molar-refractivity contribution in [2.75, 3.05) is 37.6 Å². The van der Waals surface area contributed by atoms with Crippen molar-refractivity contribution in [2.24, 2.45) is 0 Å². The average molecular weight is 350 g/mol. The lowest BCUT2D eigenvalue weighted by Gasteiger charge is -2.33. The Hall–Kier alpha value is -2.89. The molecular formula is C20H22N4O2. The van der Waals surface area contributed by atoms with Crippen LogP contribution in [0.3, 0.4) is 0 Å². The summed E-state index contributed by atoms with van der Waals surface area (Å²) in [5, 5.41) is 0. The topological polar surface area (TPSA) is 56.8 Å². The minimum atomic E-state index is -0.0604. The molecule has 3 heterocycles. The number of benzene rings is 1. The van der Waals surface area contributed by atoms with Gasteiger partial charge in [0.2, 0.25) is 6.41 Å². The molecule has 0 radical (unpaired) electrons. The molecule has 6 nitrogen and oxygen atoms in total. The SMILES string of the molecule is O=CN1CCN(C(=O)c2cc(N3CCc4ccccc4C3)ccn2)CC1. The zero-order valence-corrected chi connectivity index (χ0v) is 14.7. The van der Waals surface area contributed by atoms with Crippen LogP contribution in [0.25, 0.3) is 0 Å². The van der Waals surface area contributed by atoms with Crippen LogP contribution < -0.4 is 4.90 Å². The first kappa shape index (κ1) is 16.6. The van der Waals surface area contributed by atoms with Crippen LogP contribution in [0.1, 0.15) is 21.6 Å². The van der Waals surface area contributed by atoms with E-state index in [1.807, 2.05) is 12.1 Å². The van der Waals surface area contributed by atoms with E-state index in [1.54, 1.807) is 16.0 Å². The summed E-state index contributed by atoms with van der Waals surface area (Å²) in [7, 11) is 0. The van der Waals surface area contributed by atoms with E-state index in [-0.39, 0.29) is 5.91 Å². The Morgan fingerprint density at radius 3 is 2.54 bits per heavy atom. The van der Waals surface area contributed by atoms with Crippen LogP contribution in [0, 0.1) is 0 Å². The predicted octanol–water partition coefficient (Wildman–Crippen LogP) is 1.56. The maximum Gasteiger partial charge on any atom is 0.272 e. The van der Waals surface area contributed by atoms with Crippen molar-refractivity contribution in [1.29, 1.82) is 0 Å². The molecule has 0 unspecified atom stereocenters. The molecule has 1 fully saturated rings. The smallest absolute Gasteiger partial charge is 0.272 e. The molecule has 0 bridgehead atoms. The Bertz CT molecular complexity index is 815. The van der Waals surface area contributed by atoms with E-state index in [1.165, 1.54) is 11.1 Å². The predicted molar refractivity (Wildman–Crippen MR) is 99.0 cm³/mol. The number of anilines is 1. The van der Waals surface area contributed by atoms with Gasteiger partial charge in [0, 0.05) is 51.2 Å². The first-order valence-electron chi connectivity index (χ1n) is 9.01. The van der Waals surface area contributed by atoms with E-state index >= 15 is 0 Å². The van der Waals surface area contributed by atoms with Crippen molar-refractivity contribution in [3.8, 4) is 0 Å². The molecular weight excluding hydrogens is 328 g/mol. The Balaban J connectivity index is 1.49. The largest absolute Gasteiger partial charge is 0.367 e. The van der Waals surface area contributed by atoms with Gasteiger partial charge >= 0.3 is 0 Å². The minimum absolute atomic E-state index is 0.0604. The molecule has 0 spiro atoms. The van der Waals surface area contributed by atoms with Gasteiger partial charge in [-0.25, -0.2) is 0 Å². The average Bonchev–Trinajstić information content (AvgIpc) is 2.73. The van der Waals surface area contributed by atoms with E-state index in [2.05, 4.69) is 34.1 Å². The molecule has 2 aromatic rings. The molecule has 26 heavy (non-hydrogen) atoms. The van der Waals surface area contributed by atoms with Crippen LogP contribution >= 0.6 is 0 Å². The number of aromatic nitrogens is 1. The third-order valence-electron chi connectivity index (χ3n) is 5.21. The second-order valence-corrected chi connectivity index (χ2v) is 6.77. The van der Waals surface area contributed by atoms with Crippen molar-refractivity contribution in [1.82, 2.24) is 14.8 Å². The van der Waals surface area contributed by atoms with Gasteiger partial charge < -0.3 is 14.7 Å². The lowest BCUT2D eigenvalue weighted by molar-refractivity contribution is -0.119. The van der Waals surface area contributed by atoms with Crippen molar-refractivity contribution < 1.29 is 9.59 Å². The summed E-state index contributed by atoms with van der Waals surface area (Å²) in [6, 6.07) is 12.4. The number of nitrogens with zero attached hydrogens (tertiary/aromatic N) is 4. The summed E-state index contributed by atoms with van der Waals surface area (Å²) in [6.07, 6.45) is 3.56. The zero-order chi connectivity index (χ0) is 17.9. The van der Waals surface area contributed by atoms with Gasteiger partial charge in [0.25, 0.3) is 5.91 Å². The molecule has 0 N–H and O–H groups in total. The van der Waals surface area contributed by atoms with Gasteiger partial charge in [-0.15, -0.1) is 0 Å². The van der Waals surface area contributed by atoms with Crippen molar-refractivity contribution in [3.05, 3.63) is 59.4 Å². The fourth-order valence-electron chi connectivity index (χ4n) is 3.64. The van der Waals surface area contributed by atoms with Crippen LogP contribution in [-0.2, 0) is 17.8 Å². The number of carbonyl (C=O) groups excluding carboxylic acids is 2. The third-order valence-corrected chi connectivity index (χ3v) is 5.21. The normalized spacial score (nSPS) is 17.0. The minimum Gasteiger partial charge on any atom is -0.367 e. The van der Waals surface area contributed by atoms with Crippen LogP contribution in [0.4, 0.5) is 5.69 Å². The van der Waals surface area contributed by atoms with E-state index in [4.69, 9.17) is 0 Å². The number of hydrogen-bond donors (Lipinski definition) is 0. The van der Waals surface area contributed by atoms with Crippen LogP contribution in [0.15, 0.2) is 42.6 Å². The van der Waals surface area contributed by atoms with Gasteiger partial charge in [-0.05, 0) is 29.7 Å². The molecule has 6 heteroatoms. The van der Waals surface area contributed by atoms with Gasteiger partial charge in [0.05, 0.1) is 0 Å². The molecule has 1 aromatic carbocycles. The number of fused-ring (bicyclic) bond motifs is 1. The summed E-state index contributed by atoms with van der Waals surface area (Å²) in [6.45, 7) is 4.06. The van der Waals surface area contributed by atoms with Crippen molar-refractivity contribution in [2.45, 2.75) is 13.0 Å². The van der Waals surface area contributed by atoms with E-state index in [0.29, 0.717) is 31.9 Å². The van der Waals surface area contributed by atoms with Crippen molar-refractivity contribution >= 4 is 18.0 Å². The standard InChI is InChI=1S/C20H22N4O2/c25-15-22-9-11-23(12-10-22)20(26)19-13-18(5-7-21-19)24-8-6-16-3-1-2-4-17(16)14-24/h1-5,7,13,15H,6,8-12,14H2. The summed E-state index contributed by atoms with van der Waals surface area (Å²) < 4.78 is 0. The fraction of sp³-hybridized carbons (Fsp3) is 0.350. The number of rotatable bonds is 3. The highest BCUT2D eigenvalue weighted by Crippen LogP contribution is 2.24. The molecule has 134 valence electrons. The first-order chi connectivity index (χ1) is 12.7. The highest BCUT2D eigenvalue weighted by Gasteiger charge is 2.23.